The summed E-state index contributed by atoms with van der Waals surface area (Å²) in [6, 6.07) is 3.45. The fourth-order valence-electron chi connectivity index (χ4n) is 1.42. The molecule has 102 valence electrons. The van der Waals surface area contributed by atoms with Gasteiger partial charge in [-0.1, -0.05) is 13.8 Å². The Bertz CT molecular complexity index is 515. The van der Waals surface area contributed by atoms with Crippen LogP contribution in [0.2, 0.25) is 0 Å². The van der Waals surface area contributed by atoms with Gasteiger partial charge in [0, 0.05) is 13.6 Å². The van der Waals surface area contributed by atoms with E-state index < -0.39 is 15.8 Å². The van der Waals surface area contributed by atoms with Crippen LogP contribution in [0.15, 0.2) is 23.1 Å². The summed E-state index contributed by atoms with van der Waals surface area (Å²) >= 11 is 0. The normalized spacial score (nSPS) is 12.3. The van der Waals surface area contributed by atoms with E-state index in [1.807, 2.05) is 13.8 Å². The Morgan fingerprint density at radius 3 is 2.50 bits per heavy atom. The van der Waals surface area contributed by atoms with Crippen molar-refractivity contribution in [3.8, 4) is 0 Å². The lowest BCUT2D eigenvalue weighted by Crippen LogP contribution is -2.28. The van der Waals surface area contributed by atoms with Crippen molar-refractivity contribution in [1.29, 1.82) is 0 Å². The molecule has 0 fully saturated rings. The molecule has 0 saturated heterocycles. The Morgan fingerprint density at radius 2 is 2.00 bits per heavy atom. The van der Waals surface area contributed by atoms with Gasteiger partial charge in [-0.05, 0) is 30.5 Å². The average molecular weight is 274 g/mol. The van der Waals surface area contributed by atoms with Crippen LogP contribution in [0.1, 0.15) is 20.3 Å². The van der Waals surface area contributed by atoms with Crippen LogP contribution >= 0.6 is 0 Å². The van der Waals surface area contributed by atoms with Crippen molar-refractivity contribution >= 4 is 15.7 Å². The van der Waals surface area contributed by atoms with Crippen molar-refractivity contribution < 1.29 is 12.8 Å². The molecule has 0 bridgehead atoms. The lowest BCUT2D eigenvalue weighted by Gasteiger charge is -2.18. The summed E-state index contributed by atoms with van der Waals surface area (Å²) in [4.78, 5) is 0.0210. The number of nitrogen functional groups attached to an aromatic ring is 1. The minimum atomic E-state index is -3.59. The summed E-state index contributed by atoms with van der Waals surface area (Å²) < 4.78 is 38.6. The van der Waals surface area contributed by atoms with E-state index in [1.165, 1.54) is 17.4 Å². The third-order valence-corrected chi connectivity index (χ3v) is 4.55. The smallest absolute Gasteiger partial charge is 0.242 e. The molecule has 0 aliphatic carbocycles. The highest BCUT2D eigenvalue weighted by molar-refractivity contribution is 7.89. The standard InChI is InChI=1S/C12H19FN2O2S/c1-9(2)6-7-15(3)18(16,17)10-4-5-11(13)12(14)8-10/h4-5,8-9H,6-7,14H2,1-3H3. The first-order valence-corrected chi connectivity index (χ1v) is 7.20. The molecule has 0 aliphatic heterocycles. The first-order valence-electron chi connectivity index (χ1n) is 5.76. The van der Waals surface area contributed by atoms with Crippen LogP contribution < -0.4 is 5.73 Å². The summed E-state index contributed by atoms with van der Waals surface area (Å²) in [6.07, 6.45) is 0.770. The first kappa shape index (κ1) is 14.9. The van der Waals surface area contributed by atoms with Gasteiger partial charge in [0.05, 0.1) is 10.6 Å². The lowest BCUT2D eigenvalue weighted by atomic mass is 10.1. The van der Waals surface area contributed by atoms with Crippen LogP contribution in [0.5, 0.6) is 0 Å². The van der Waals surface area contributed by atoms with E-state index in [0.29, 0.717) is 12.5 Å². The van der Waals surface area contributed by atoms with Gasteiger partial charge in [0.2, 0.25) is 10.0 Å². The predicted octanol–water partition coefficient (Wildman–Crippen LogP) is 2.07. The van der Waals surface area contributed by atoms with Gasteiger partial charge in [-0.3, -0.25) is 0 Å². The highest BCUT2D eigenvalue weighted by Crippen LogP contribution is 2.20. The summed E-state index contributed by atoms with van der Waals surface area (Å²) in [6.45, 7) is 4.48. The molecule has 2 N–H and O–H groups in total. The Balaban J connectivity index is 2.95. The van der Waals surface area contributed by atoms with E-state index in [4.69, 9.17) is 5.73 Å². The molecule has 0 unspecified atom stereocenters. The molecule has 0 aliphatic rings. The highest BCUT2D eigenvalue weighted by atomic mass is 32.2. The van der Waals surface area contributed by atoms with E-state index >= 15 is 0 Å². The molecule has 0 atom stereocenters. The first-order chi connectivity index (χ1) is 8.25. The fourth-order valence-corrected chi connectivity index (χ4v) is 2.64. The summed E-state index contributed by atoms with van der Waals surface area (Å²) in [5.74, 6) is -0.195. The maximum Gasteiger partial charge on any atom is 0.242 e. The number of hydrogen-bond acceptors (Lipinski definition) is 3. The van der Waals surface area contributed by atoms with E-state index in [9.17, 15) is 12.8 Å². The molecule has 4 nitrogen and oxygen atoms in total. The van der Waals surface area contributed by atoms with Crippen molar-refractivity contribution in [2.45, 2.75) is 25.2 Å². The summed E-state index contributed by atoms with van der Waals surface area (Å²) in [5, 5.41) is 0. The molecule has 0 amide bonds. The second-order valence-corrected chi connectivity index (χ2v) is 6.74. The lowest BCUT2D eigenvalue weighted by molar-refractivity contribution is 0.428. The summed E-state index contributed by atoms with van der Waals surface area (Å²) in [5.41, 5.74) is 5.22. The number of hydrogen-bond donors (Lipinski definition) is 1. The molecule has 0 radical (unpaired) electrons. The molecule has 6 heteroatoms. The zero-order valence-electron chi connectivity index (χ0n) is 10.9. The predicted molar refractivity (Wildman–Crippen MR) is 70.1 cm³/mol. The van der Waals surface area contributed by atoms with Gasteiger partial charge in [0.1, 0.15) is 5.82 Å². The Labute approximate surface area is 108 Å². The van der Waals surface area contributed by atoms with Gasteiger partial charge in [-0.2, -0.15) is 0 Å². The molecule has 0 aromatic heterocycles. The Kier molecular flexibility index (Phi) is 4.70. The third kappa shape index (κ3) is 3.43. The zero-order valence-corrected chi connectivity index (χ0v) is 11.7. The van der Waals surface area contributed by atoms with E-state index in [0.717, 1.165) is 18.6 Å². The number of sulfonamides is 1. The van der Waals surface area contributed by atoms with E-state index in [1.54, 1.807) is 0 Å². The van der Waals surface area contributed by atoms with Crippen LogP contribution in [0.25, 0.3) is 0 Å². The average Bonchev–Trinajstić information content (AvgIpc) is 2.29. The van der Waals surface area contributed by atoms with Crippen LogP contribution in [-0.4, -0.2) is 26.3 Å². The van der Waals surface area contributed by atoms with Crippen molar-refractivity contribution in [3.05, 3.63) is 24.0 Å². The quantitative estimate of drug-likeness (QED) is 0.836. The van der Waals surface area contributed by atoms with Crippen LogP contribution in [0, 0.1) is 11.7 Å². The van der Waals surface area contributed by atoms with Gasteiger partial charge in [-0.25, -0.2) is 17.1 Å². The number of nitrogens with zero attached hydrogens (tertiary/aromatic N) is 1. The molecule has 1 aromatic carbocycles. The Morgan fingerprint density at radius 1 is 1.39 bits per heavy atom. The zero-order chi connectivity index (χ0) is 13.9. The molecule has 1 aromatic rings. The minimum Gasteiger partial charge on any atom is -0.396 e. The van der Waals surface area contributed by atoms with Crippen molar-refractivity contribution in [1.82, 2.24) is 4.31 Å². The maximum atomic E-state index is 13.0. The van der Waals surface area contributed by atoms with Crippen molar-refractivity contribution in [2.24, 2.45) is 5.92 Å². The van der Waals surface area contributed by atoms with Gasteiger partial charge in [0.25, 0.3) is 0 Å². The third-order valence-electron chi connectivity index (χ3n) is 2.70. The molecule has 0 saturated carbocycles. The van der Waals surface area contributed by atoms with Gasteiger partial charge in [0.15, 0.2) is 0 Å². The maximum absolute atomic E-state index is 13.0. The van der Waals surface area contributed by atoms with Gasteiger partial charge in [-0.15, -0.1) is 0 Å². The number of nitrogens with two attached hydrogens (primary N) is 1. The van der Waals surface area contributed by atoms with E-state index in [-0.39, 0.29) is 10.6 Å². The molecule has 0 heterocycles. The molecular weight excluding hydrogens is 255 g/mol. The molecule has 0 spiro atoms. The number of rotatable bonds is 5. The molecule has 18 heavy (non-hydrogen) atoms. The van der Waals surface area contributed by atoms with E-state index in [2.05, 4.69) is 0 Å². The largest absolute Gasteiger partial charge is 0.396 e. The minimum absolute atomic E-state index is 0.0210. The summed E-state index contributed by atoms with van der Waals surface area (Å²) in [7, 11) is -2.08. The van der Waals surface area contributed by atoms with Crippen LogP contribution in [0.3, 0.4) is 0 Å². The fraction of sp³-hybridized carbons (Fsp3) is 0.500. The second-order valence-electron chi connectivity index (χ2n) is 4.69. The Hall–Kier alpha value is -1.14. The van der Waals surface area contributed by atoms with Crippen molar-refractivity contribution in [2.75, 3.05) is 19.3 Å². The number of benzene rings is 1. The van der Waals surface area contributed by atoms with Crippen LogP contribution in [0.4, 0.5) is 10.1 Å². The van der Waals surface area contributed by atoms with Gasteiger partial charge >= 0.3 is 0 Å². The number of halogens is 1. The second kappa shape index (κ2) is 5.67. The SMILES string of the molecule is CC(C)CCN(C)S(=O)(=O)c1ccc(F)c(N)c1. The monoisotopic (exact) mass is 274 g/mol. The molecule has 1 rings (SSSR count). The molecular formula is C12H19FN2O2S. The van der Waals surface area contributed by atoms with Crippen LogP contribution in [-0.2, 0) is 10.0 Å². The topological polar surface area (TPSA) is 63.4 Å². The van der Waals surface area contributed by atoms with Gasteiger partial charge < -0.3 is 5.73 Å². The number of anilines is 1. The van der Waals surface area contributed by atoms with Crippen molar-refractivity contribution in [3.63, 3.8) is 0 Å². The highest BCUT2D eigenvalue weighted by Gasteiger charge is 2.21.